The summed E-state index contributed by atoms with van der Waals surface area (Å²) in [5.41, 5.74) is 3.11. The highest BCUT2D eigenvalue weighted by atomic mass is 16.4. The summed E-state index contributed by atoms with van der Waals surface area (Å²) in [6.07, 6.45) is 1.85. The van der Waals surface area contributed by atoms with Gasteiger partial charge in [-0.3, -0.25) is 14.5 Å². The highest BCUT2D eigenvalue weighted by Crippen LogP contribution is 2.35. The predicted octanol–water partition coefficient (Wildman–Crippen LogP) is 2.67. The number of carboxylic acids is 1. The SMILES string of the molecule is CCCCN1C(=O)[C@@H]([C@H](O)C(C)C)NC(=O)C12CCN(Cc1c(C)nn(-c3ccc(C(=O)O)cc3)c1C)CC2. The van der Waals surface area contributed by atoms with Crippen molar-refractivity contribution in [1.82, 2.24) is 24.9 Å². The molecule has 0 unspecified atom stereocenters. The van der Waals surface area contributed by atoms with Crippen molar-refractivity contribution >= 4 is 17.8 Å². The van der Waals surface area contributed by atoms with Gasteiger partial charge in [0.15, 0.2) is 0 Å². The summed E-state index contributed by atoms with van der Waals surface area (Å²) < 4.78 is 1.83. The minimum absolute atomic E-state index is 0.148. The number of carbonyl (C=O) groups is 3. The topological polar surface area (TPSA) is 128 Å². The molecule has 2 aromatic rings. The van der Waals surface area contributed by atoms with Crippen LogP contribution in [0.15, 0.2) is 24.3 Å². The predicted molar refractivity (Wildman–Crippen MR) is 147 cm³/mol. The second-order valence-electron chi connectivity index (χ2n) is 11.3. The fraction of sp³-hybridized carbons (Fsp3) is 0.586. The van der Waals surface area contributed by atoms with Gasteiger partial charge < -0.3 is 20.4 Å². The Hall–Kier alpha value is -3.24. The van der Waals surface area contributed by atoms with Crippen molar-refractivity contribution in [2.45, 2.75) is 84.5 Å². The van der Waals surface area contributed by atoms with Crippen LogP contribution in [-0.4, -0.2) is 84.9 Å². The van der Waals surface area contributed by atoms with Gasteiger partial charge in [0.05, 0.1) is 23.0 Å². The second kappa shape index (κ2) is 11.5. The zero-order valence-corrected chi connectivity index (χ0v) is 23.6. The number of piperidine rings is 1. The molecule has 0 aliphatic carbocycles. The molecule has 2 saturated heterocycles. The van der Waals surface area contributed by atoms with Crippen LogP contribution >= 0.6 is 0 Å². The summed E-state index contributed by atoms with van der Waals surface area (Å²) in [6, 6.07) is 5.75. The van der Waals surface area contributed by atoms with Crippen molar-refractivity contribution in [3.8, 4) is 5.69 Å². The monoisotopic (exact) mass is 539 g/mol. The number of nitrogens with one attached hydrogen (secondary N) is 1. The number of hydrogen-bond donors (Lipinski definition) is 3. The van der Waals surface area contributed by atoms with Crippen LogP contribution in [0, 0.1) is 19.8 Å². The van der Waals surface area contributed by atoms with E-state index in [1.165, 1.54) is 0 Å². The van der Waals surface area contributed by atoms with Gasteiger partial charge in [-0.15, -0.1) is 0 Å². The van der Waals surface area contributed by atoms with Gasteiger partial charge in [-0.2, -0.15) is 5.10 Å². The molecule has 2 amide bonds. The molecule has 10 nitrogen and oxygen atoms in total. The van der Waals surface area contributed by atoms with E-state index in [0.717, 1.165) is 35.5 Å². The van der Waals surface area contributed by atoms with E-state index in [1.54, 1.807) is 29.2 Å². The van der Waals surface area contributed by atoms with E-state index in [0.29, 0.717) is 39.0 Å². The number of likely N-dealkylation sites (tertiary alicyclic amines) is 1. The van der Waals surface area contributed by atoms with E-state index in [2.05, 4.69) is 17.1 Å². The number of aromatic nitrogens is 2. The molecule has 2 atom stereocenters. The van der Waals surface area contributed by atoms with Gasteiger partial charge >= 0.3 is 5.97 Å². The first-order valence-corrected chi connectivity index (χ1v) is 13.9. The Bertz CT molecular complexity index is 1210. The lowest BCUT2D eigenvalue weighted by Crippen LogP contribution is -2.74. The quantitative estimate of drug-likeness (QED) is 0.447. The number of piperazine rings is 1. The summed E-state index contributed by atoms with van der Waals surface area (Å²) in [4.78, 5) is 42.4. The summed E-state index contributed by atoms with van der Waals surface area (Å²) in [5, 5.41) is 27.4. The zero-order chi connectivity index (χ0) is 28.5. The molecule has 2 fully saturated rings. The van der Waals surface area contributed by atoms with Crippen LogP contribution in [-0.2, 0) is 16.1 Å². The summed E-state index contributed by atoms with van der Waals surface area (Å²) in [5.74, 6) is -1.45. The van der Waals surface area contributed by atoms with Crippen molar-refractivity contribution < 1.29 is 24.6 Å². The minimum atomic E-state index is -0.966. The summed E-state index contributed by atoms with van der Waals surface area (Å²) >= 11 is 0. The van der Waals surface area contributed by atoms with Gasteiger partial charge in [0.2, 0.25) is 11.8 Å². The molecule has 212 valence electrons. The molecule has 2 aliphatic rings. The minimum Gasteiger partial charge on any atom is -0.478 e. The second-order valence-corrected chi connectivity index (χ2v) is 11.3. The number of nitrogens with zero attached hydrogens (tertiary/aromatic N) is 4. The average molecular weight is 540 g/mol. The van der Waals surface area contributed by atoms with Crippen LogP contribution in [0.4, 0.5) is 0 Å². The van der Waals surface area contributed by atoms with Crippen LogP contribution in [0.5, 0.6) is 0 Å². The van der Waals surface area contributed by atoms with Crippen molar-refractivity contribution in [1.29, 1.82) is 0 Å². The molecule has 2 aliphatic heterocycles. The third-order valence-electron chi connectivity index (χ3n) is 8.38. The molecule has 1 aromatic heterocycles. The normalized spacial score (nSPS) is 20.5. The number of carboxylic acid groups (broad SMARTS) is 1. The van der Waals surface area contributed by atoms with Crippen molar-refractivity contribution in [3.63, 3.8) is 0 Å². The Morgan fingerprint density at radius 2 is 1.79 bits per heavy atom. The van der Waals surface area contributed by atoms with E-state index in [1.807, 2.05) is 32.4 Å². The fourth-order valence-electron chi connectivity index (χ4n) is 5.80. The van der Waals surface area contributed by atoms with E-state index >= 15 is 0 Å². The van der Waals surface area contributed by atoms with Crippen LogP contribution < -0.4 is 5.32 Å². The number of amides is 2. The van der Waals surface area contributed by atoms with E-state index in [9.17, 15) is 24.6 Å². The number of aliphatic hydroxyl groups is 1. The number of unbranched alkanes of at least 4 members (excludes halogenated alkanes) is 1. The molecule has 0 bridgehead atoms. The lowest BCUT2D eigenvalue weighted by atomic mass is 9.80. The summed E-state index contributed by atoms with van der Waals surface area (Å²) in [6.45, 7) is 12.2. The first-order chi connectivity index (χ1) is 18.5. The van der Waals surface area contributed by atoms with Crippen LogP contribution in [0.3, 0.4) is 0 Å². The maximum atomic E-state index is 13.5. The molecule has 3 heterocycles. The Balaban J connectivity index is 1.50. The lowest BCUT2D eigenvalue weighted by Gasteiger charge is -2.52. The standard InChI is InChI=1S/C29H41N5O5/c1-6-7-14-33-26(36)24(25(35)18(2)3)30-28(39)29(33)12-15-32(16-13-29)17-23-19(4)31-34(20(23)5)22-10-8-21(9-11-22)27(37)38/h8-11,18,24-25,35H,6-7,12-17H2,1-5H3,(H,30,39)(H,37,38)/t24-,25-/m1/s1. The first-order valence-electron chi connectivity index (χ1n) is 13.9. The number of rotatable bonds is 9. The number of aryl methyl sites for hydroxylation is 1. The van der Waals surface area contributed by atoms with E-state index < -0.39 is 23.7 Å². The molecular formula is C29H41N5O5. The van der Waals surface area contributed by atoms with Gasteiger partial charge in [-0.1, -0.05) is 27.2 Å². The molecule has 0 radical (unpaired) electrons. The number of aromatic carboxylic acids is 1. The van der Waals surface area contributed by atoms with Crippen molar-refractivity contribution in [3.05, 3.63) is 46.8 Å². The fourth-order valence-corrected chi connectivity index (χ4v) is 5.80. The van der Waals surface area contributed by atoms with Crippen molar-refractivity contribution in [2.75, 3.05) is 19.6 Å². The number of carbonyl (C=O) groups excluding carboxylic acids is 2. The van der Waals surface area contributed by atoms with Crippen LogP contribution in [0.2, 0.25) is 0 Å². The third-order valence-corrected chi connectivity index (χ3v) is 8.38. The molecule has 1 aromatic carbocycles. The van der Waals surface area contributed by atoms with E-state index in [4.69, 9.17) is 5.10 Å². The Labute approximate surface area is 230 Å². The zero-order valence-electron chi connectivity index (χ0n) is 23.6. The third kappa shape index (κ3) is 5.45. The van der Waals surface area contributed by atoms with Gasteiger partial charge in [0, 0.05) is 37.4 Å². The molecule has 4 rings (SSSR count). The molecule has 10 heteroatoms. The lowest BCUT2D eigenvalue weighted by molar-refractivity contribution is -0.165. The van der Waals surface area contributed by atoms with Gasteiger partial charge in [-0.25, -0.2) is 9.48 Å². The van der Waals surface area contributed by atoms with Gasteiger partial charge in [0.1, 0.15) is 11.6 Å². The number of benzene rings is 1. The smallest absolute Gasteiger partial charge is 0.335 e. The molecule has 3 N–H and O–H groups in total. The molecule has 1 spiro atoms. The molecular weight excluding hydrogens is 498 g/mol. The van der Waals surface area contributed by atoms with E-state index in [-0.39, 0.29) is 23.3 Å². The van der Waals surface area contributed by atoms with Gasteiger partial charge in [-0.05, 0) is 63.3 Å². The summed E-state index contributed by atoms with van der Waals surface area (Å²) in [7, 11) is 0. The highest BCUT2D eigenvalue weighted by molar-refractivity contribution is 6.00. The Kier molecular flexibility index (Phi) is 8.46. The molecule has 39 heavy (non-hydrogen) atoms. The Morgan fingerprint density at radius 3 is 2.36 bits per heavy atom. The maximum Gasteiger partial charge on any atom is 0.335 e. The van der Waals surface area contributed by atoms with Crippen molar-refractivity contribution in [2.24, 2.45) is 5.92 Å². The van der Waals surface area contributed by atoms with Crippen LogP contribution in [0.25, 0.3) is 5.69 Å². The number of aliphatic hydroxyl groups excluding tert-OH is 1. The Morgan fingerprint density at radius 1 is 1.15 bits per heavy atom. The first kappa shape index (κ1) is 28.8. The largest absolute Gasteiger partial charge is 0.478 e. The van der Waals surface area contributed by atoms with Crippen LogP contribution in [0.1, 0.15) is 73.8 Å². The highest BCUT2D eigenvalue weighted by Gasteiger charge is 2.54. The number of hydrogen-bond acceptors (Lipinski definition) is 6. The molecule has 0 saturated carbocycles. The maximum absolute atomic E-state index is 13.5. The average Bonchev–Trinajstić information content (AvgIpc) is 3.19. The van der Waals surface area contributed by atoms with Gasteiger partial charge in [0.25, 0.3) is 0 Å².